The average molecular weight is 269 g/mol. The second-order valence-corrected chi connectivity index (χ2v) is 5.33. The number of methoxy groups -OCH3 is 1. The van der Waals surface area contributed by atoms with Crippen molar-refractivity contribution < 1.29 is 4.74 Å². The van der Waals surface area contributed by atoms with E-state index in [1.165, 1.54) is 32.4 Å². The van der Waals surface area contributed by atoms with Crippen LogP contribution in [-0.2, 0) is 4.74 Å². The van der Waals surface area contributed by atoms with Gasteiger partial charge < -0.3 is 9.64 Å². The molecule has 0 bridgehead atoms. The highest BCUT2D eigenvalue weighted by atomic mass is 16.5. The first-order valence-electron chi connectivity index (χ1n) is 7.34. The number of nitrogens with zero attached hydrogens (tertiary/aromatic N) is 3. The number of hydrazine groups is 1. The Hall–Kier alpha value is -0.850. The number of ether oxygens (including phenoxy) is 1. The molecule has 0 aromatic heterocycles. The van der Waals surface area contributed by atoms with Gasteiger partial charge in [-0.05, 0) is 38.8 Å². The molecular formula is C13H27N5O. The Bertz CT molecular complexity index is 291. The molecule has 0 spiro atoms. The Morgan fingerprint density at radius 3 is 2.84 bits per heavy atom. The Morgan fingerprint density at radius 2 is 2.16 bits per heavy atom. The summed E-state index contributed by atoms with van der Waals surface area (Å²) in [5.74, 6) is 6.43. The average Bonchev–Trinajstić information content (AvgIpc) is 3.09. The van der Waals surface area contributed by atoms with Crippen molar-refractivity contribution in [2.75, 3.05) is 46.4 Å². The Kier molecular flexibility index (Phi) is 5.88. The lowest BCUT2D eigenvalue weighted by Gasteiger charge is -2.24. The van der Waals surface area contributed by atoms with Gasteiger partial charge in [-0.25, -0.2) is 5.84 Å². The van der Waals surface area contributed by atoms with Gasteiger partial charge in [0.05, 0.1) is 0 Å². The van der Waals surface area contributed by atoms with E-state index < -0.39 is 0 Å². The minimum Gasteiger partial charge on any atom is -0.385 e. The van der Waals surface area contributed by atoms with Crippen LogP contribution in [0.1, 0.15) is 25.7 Å². The van der Waals surface area contributed by atoms with Crippen molar-refractivity contribution in [1.82, 2.24) is 15.2 Å². The van der Waals surface area contributed by atoms with Crippen molar-refractivity contribution in [1.29, 1.82) is 0 Å². The molecule has 2 heterocycles. The van der Waals surface area contributed by atoms with Crippen LogP contribution in [-0.4, -0.2) is 68.2 Å². The van der Waals surface area contributed by atoms with E-state index in [1.54, 1.807) is 7.11 Å². The number of nitrogens with one attached hydrogen (secondary N) is 1. The smallest absolute Gasteiger partial charge is 0.208 e. The SMILES string of the molecule is COCCCN=C(NN)N1CCC(N2CCCC2)C1. The molecule has 6 nitrogen and oxygen atoms in total. The lowest BCUT2D eigenvalue weighted by atomic mass is 10.2. The van der Waals surface area contributed by atoms with E-state index in [4.69, 9.17) is 10.6 Å². The van der Waals surface area contributed by atoms with Crippen LogP contribution in [0.3, 0.4) is 0 Å². The fourth-order valence-electron chi connectivity index (χ4n) is 2.97. The van der Waals surface area contributed by atoms with E-state index in [9.17, 15) is 0 Å². The summed E-state index contributed by atoms with van der Waals surface area (Å²) in [5, 5.41) is 0. The van der Waals surface area contributed by atoms with Crippen LogP contribution in [0.2, 0.25) is 0 Å². The third kappa shape index (κ3) is 4.06. The van der Waals surface area contributed by atoms with Gasteiger partial charge in [0, 0.05) is 39.4 Å². The molecule has 0 amide bonds. The predicted molar refractivity (Wildman–Crippen MR) is 76.9 cm³/mol. The molecule has 2 aliphatic heterocycles. The zero-order valence-corrected chi connectivity index (χ0v) is 12.0. The number of nitrogens with two attached hydrogens (primary N) is 1. The van der Waals surface area contributed by atoms with Gasteiger partial charge in [-0.15, -0.1) is 0 Å². The van der Waals surface area contributed by atoms with Crippen molar-refractivity contribution in [3.63, 3.8) is 0 Å². The molecular weight excluding hydrogens is 242 g/mol. The van der Waals surface area contributed by atoms with Gasteiger partial charge in [0.1, 0.15) is 0 Å². The summed E-state index contributed by atoms with van der Waals surface area (Å²) in [7, 11) is 1.72. The lowest BCUT2D eigenvalue weighted by Crippen LogP contribution is -2.45. The van der Waals surface area contributed by atoms with Crippen LogP contribution in [0, 0.1) is 0 Å². The molecule has 110 valence electrons. The fourth-order valence-corrected chi connectivity index (χ4v) is 2.97. The quantitative estimate of drug-likeness (QED) is 0.242. The number of hydrogen-bond donors (Lipinski definition) is 2. The van der Waals surface area contributed by atoms with Gasteiger partial charge in [0.2, 0.25) is 5.96 Å². The van der Waals surface area contributed by atoms with Gasteiger partial charge in [0.15, 0.2) is 0 Å². The lowest BCUT2D eigenvalue weighted by molar-refractivity contribution is 0.197. The largest absolute Gasteiger partial charge is 0.385 e. The van der Waals surface area contributed by atoms with E-state index in [0.717, 1.165) is 38.6 Å². The first kappa shape index (κ1) is 14.6. The first-order valence-corrected chi connectivity index (χ1v) is 7.34. The molecule has 1 unspecified atom stereocenters. The molecule has 0 saturated carbocycles. The topological polar surface area (TPSA) is 66.1 Å². The van der Waals surface area contributed by atoms with Crippen LogP contribution in [0.15, 0.2) is 4.99 Å². The second kappa shape index (κ2) is 7.67. The van der Waals surface area contributed by atoms with Crippen LogP contribution in [0.25, 0.3) is 0 Å². The Labute approximate surface area is 115 Å². The summed E-state index contributed by atoms with van der Waals surface area (Å²) in [6.45, 7) is 6.13. The molecule has 2 saturated heterocycles. The molecule has 0 aromatic carbocycles. The monoisotopic (exact) mass is 269 g/mol. The molecule has 3 N–H and O–H groups in total. The molecule has 19 heavy (non-hydrogen) atoms. The molecule has 2 rings (SSSR count). The third-order valence-electron chi connectivity index (χ3n) is 4.02. The third-order valence-corrected chi connectivity index (χ3v) is 4.02. The molecule has 0 radical (unpaired) electrons. The molecule has 2 aliphatic rings. The van der Waals surface area contributed by atoms with Crippen molar-refractivity contribution in [2.24, 2.45) is 10.8 Å². The summed E-state index contributed by atoms with van der Waals surface area (Å²) in [6, 6.07) is 0.681. The minimum absolute atomic E-state index is 0.681. The van der Waals surface area contributed by atoms with Crippen molar-refractivity contribution in [3.05, 3.63) is 0 Å². The van der Waals surface area contributed by atoms with Gasteiger partial charge in [-0.1, -0.05) is 0 Å². The van der Waals surface area contributed by atoms with Gasteiger partial charge in [-0.2, -0.15) is 0 Å². The highest BCUT2D eigenvalue weighted by Gasteiger charge is 2.30. The Morgan fingerprint density at radius 1 is 1.37 bits per heavy atom. The highest BCUT2D eigenvalue weighted by Crippen LogP contribution is 2.20. The summed E-state index contributed by atoms with van der Waals surface area (Å²) >= 11 is 0. The number of hydrogen-bond acceptors (Lipinski definition) is 4. The van der Waals surface area contributed by atoms with E-state index in [2.05, 4.69) is 20.2 Å². The normalized spacial score (nSPS) is 25.3. The van der Waals surface area contributed by atoms with E-state index in [0.29, 0.717) is 6.04 Å². The number of rotatable bonds is 5. The zero-order valence-electron chi connectivity index (χ0n) is 12.0. The van der Waals surface area contributed by atoms with Crippen molar-refractivity contribution in [2.45, 2.75) is 31.7 Å². The fraction of sp³-hybridized carbons (Fsp3) is 0.923. The van der Waals surface area contributed by atoms with E-state index in [1.807, 2.05) is 0 Å². The molecule has 0 aliphatic carbocycles. The van der Waals surface area contributed by atoms with Crippen LogP contribution in [0.5, 0.6) is 0 Å². The molecule has 2 fully saturated rings. The maximum absolute atomic E-state index is 5.60. The predicted octanol–water partition coefficient (Wildman–Crippen LogP) is 0.0123. The van der Waals surface area contributed by atoms with Crippen molar-refractivity contribution >= 4 is 5.96 Å². The highest BCUT2D eigenvalue weighted by molar-refractivity contribution is 5.79. The number of aliphatic imine (C=N–C) groups is 1. The number of guanidine groups is 1. The van der Waals surface area contributed by atoms with Crippen LogP contribution in [0.4, 0.5) is 0 Å². The summed E-state index contributed by atoms with van der Waals surface area (Å²) in [4.78, 5) is 9.41. The summed E-state index contributed by atoms with van der Waals surface area (Å²) < 4.78 is 5.03. The zero-order chi connectivity index (χ0) is 13.5. The van der Waals surface area contributed by atoms with E-state index in [-0.39, 0.29) is 0 Å². The minimum atomic E-state index is 0.681. The molecule has 0 aromatic rings. The van der Waals surface area contributed by atoms with Gasteiger partial charge >= 0.3 is 0 Å². The van der Waals surface area contributed by atoms with Crippen LogP contribution >= 0.6 is 0 Å². The summed E-state index contributed by atoms with van der Waals surface area (Å²) in [5.41, 5.74) is 2.75. The Balaban J connectivity index is 1.79. The maximum atomic E-state index is 5.60. The van der Waals surface area contributed by atoms with E-state index >= 15 is 0 Å². The second-order valence-electron chi connectivity index (χ2n) is 5.33. The molecule has 6 heteroatoms. The first-order chi connectivity index (χ1) is 9.35. The van der Waals surface area contributed by atoms with Gasteiger partial charge in [0.25, 0.3) is 0 Å². The number of likely N-dealkylation sites (tertiary alicyclic amines) is 2. The van der Waals surface area contributed by atoms with Crippen LogP contribution < -0.4 is 11.3 Å². The van der Waals surface area contributed by atoms with Gasteiger partial charge in [-0.3, -0.25) is 15.3 Å². The summed E-state index contributed by atoms with van der Waals surface area (Å²) in [6.07, 6.45) is 4.86. The standard InChI is InChI=1S/C13H27N5O/c1-19-10-4-6-15-13(16-14)18-9-5-12(11-18)17-7-2-3-8-17/h12H,2-11,14H2,1H3,(H,15,16). The molecule has 1 atom stereocenters. The maximum Gasteiger partial charge on any atom is 0.208 e. The van der Waals surface area contributed by atoms with Crippen molar-refractivity contribution in [3.8, 4) is 0 Å².